The summed E-state index contributed by atoms with van der Waals surface area (Å²) in [4.78, 5) is 35.3. The first-order valence-electron chi connectivity index (χ1n) is 21.9. The van der Waals surface area contributed by atoms with Gasteiger partial charge in [0.15, 0.2) is 6.10 Å². The van der Waals surface area contributed by atoms with Gasteiger partial charge in [-0.05, 0) is 38.5 Å². The van der Waals surface area contributed by atoms with E-state index in [9.17, 15) is 19.0 Å². The fraction of sp³-hybridized carbons (Fsp3) is 0.907. The molecule has 0 aromatic rings. The summed E-state index contributed by atoms with van der Waals surface area (Å²) in [6.45, 7) is 4.42. The van der Waals surface area contributed by atoms with Crippen molar-refractivity contribution in [3.05, 3.63) is 12.2 Å². The molecular weight excluding hydrogens is 689 g/mol. The number of hydrogen-bond acceptors (Lipinski definition) is 7. The van der Waals surface area contributed by atoms with Crippen molar-refractivity contribution in [3.8, 4) is 0 Å². The fourth-order valence-corrected chi connectivity index (χ4v) is 6.81. The Labute approximate surface area is 326 Å². The van der Waals surface area contributed by atoms with Gasteiger partial charge in [-0.25, -0.2) is 4.57 Å². The average molecular weight is 775 g/mol. The number of nitrogens with zero attached hydrogens (tertiary/aromatic N) is 1. The molecule has 0 aromatic carbocycles. The minimum Gasteiger partial charge on any atom is -0.462 e. The standard InChI is InChI=1S/C43H84NO8P/c1-6-8-10-12-14-16-18-19-20-21-22-23-24-25-26-28-30-32-34-36-43(46)52-41(40-51-53(47,48)50-38-37-44(3,4)5)39-49-42(45)35-33-31-29-27-17-15-13-11-9-7-2/h21-22,41H,6-20,23-40H2,1-5H3/p+1/b22-21-/t41-/m1/s1. The summed E-state index contributed by atoms with van der Waals surface area (Å²) in [6.07, 6.45) is 36.9. The van der Waals surface area contributed by atoms with Crippen molar-refractivity contribution in [1.82, 2.24) is 0 Å². The SMILES string of the molecule is CCCCCCCCCC/C=C\CCCCCCCCCC(=O)O[C@H](COC(=O)CCCCCCCCCCCC)COP(=O)(O)OCC[N+](C)(C)C. The zero-order chi connectivity index (χ0) is 39.3. The first kappa shape index (κ1) is 51.8. The first-order chi connectivity index (χ1) is 25.5. The van der Waals surface area contributed by atoms with Gasteiger partial charge < -0.3 is 18.9 Å². The zero-order valence-electron chi connectivity index (χ0n) is 35.3. The second-order valence-electron chi connectivity index (χ2n) is 16.1. The number of hydrogen-bond donors (Lipinski definition) is 1. The van der Waals surface area contributed by atoms with E-state index in [1.165, 1.54) is 122 Å². The van der Waals surface area contributed by atoms with E-state index in [0.717, 1.165) is 44.9 Å². The van der Waals surface area contributed by atoms with Crippen molar-refractivity contribution >= 4 is 19.8 Å². The van der Waals surface area contributed by atoms with E-state index in [1.54, 1.807) is 0 Å². The summed E-state index contributed by atoms with van der Waals surface area (Å²) in [6, 6.07) is 0. The zero-order valence-corrected chi connectivity index (χ0v) is 36.2. The molecule has 1 N–H and O–H groups in total. The average Bonchev–Trinajstić information content (AvgIpc) is 3.10. The molecule has 0 saturated heterocycles. The van der Waals surface area contributed by atoms with Crippen molar-refractivity contribution in [2.75, 3.05) is 47.5 Å². The highest BCUT2D eigenvalue weighted by molar-refractivity contribution is 7.47. The fourth-order valence-electron chi connectivity index (χ4n) is 6.07. The molecule has 0 spiro atoms. The van der Waals surface area contributed by atoms with Crippen LogP contribution in [0.25, 0.3) is 0 Å². The summed E-state index contributed by atoms with van der Waals surface area (Å²) in [7, 11) is 1.48. The summed E-state index contributed by atoms with van der Waals surface area (Å²) in [5, 5.41) is 0. The highest BCUT2D eigenvalue weighted by atomic mass is 31.2. The Kier molecular flexibility index (Phi) is 35.5. The molecular formula is C43H85NO8P+. The van der Waals surface area contributed by atoms with Gasteiger partial charge in [0.05, 0.1) is 27.7 Å². The molecule has 0 rings (SSSR count). The number of rotatable bonds is 40. The van der Waals surface area contributed by atoms with Gasteiger partial charge in [-0.2, -0.15) is 0 Å². The lowest BCUT2D eigenvalue weighted by molar-refractivity contribution is -0.870. The molecule has 0 fully saturated rings. The van der Waals surface area contributed by atoms with Gasteiger partial charge in [0.25, 0.3) is 0 Å². The van der Waals surface area contributed by atoms with Crippen molar-refractivity contribution in [2.45, 2.75) is 206 Å². The topological polar surface area (TPSA) is 108 Å². The number of unbranched alkanes of at least 4 members (excludes halogenated alkanes) is 24. The van der Waals surface area contributed by atoms with Crippen molar-refractivity contribution in [2.24, 2.45) is 0 Å². The maximum Gasteiger partial charge on any atom is 0.472 e. The van der Waals surface area contributed by atoms with Crippen LogP contribution in [0.2, 0.25) is 0 Å². The van der Waals surface area contributed by atoms with Crippen LogP contribution in [0.4, 0.5) is 0 Å². The van der Waals surface area contributed by atoms with Gasteiger partial charge >= 0.3 is 19.8 Å². The molecule has 314 valence electrons. The van der Waals surface area contributed by atoms with Crippen LogP contribution in [0, 0.1) is 0 Å². The number of carbonyl (C=O) groups excluding carboxylic acids is 2. The number of quaternary nitrogens is 1. The molecule has 0 bridgehead atoms. The van der Waals surface area contributed by atoms with Gasteiger partial charge in [0.1, 0.15) is 19.8 Å². The van der Waals surface area contributed by atoms with E-state index in [2.05, 4.69) is 26.0 Å². The quantitative estimate of drug-likeness (QED) is 0.0215. The van der Waals surface area contributed by atoms with Crippen molar-refractivity contribution in [3.63, 3.8) is 0 Å². The predicted molar refractivity (Wildman–Crippen MR) is 220 cm³/mol. The molecule has 0 aromatic heterocycles. The monoisotopic (exact) mass is 775 g/mol. The normalized spacial score (nSPS) is 13.7. The third kappa shape index (κ3) is 40.2. The molecule has 0 amide bonds. The van der Waals surface area contributed by atoms with Gasteiger partial charge in [-0.3, -0.25) is 18.6 Å². The number of esters is 2. The van der Waals surface area contributed by atoms with Gasteiger partial charge in [0.2, 0.25) is 0 Å². The third-order valence-electron chi connectivity index (χ3n) is 9.55. The summed E-state index contributed by atoms with van der Waals surface area (Å²) < 4.78 is 34.2. The Morgan fingerprint density at radius 2 is 0.962 bits per heavy atom. The smallest absolute Gasteiger partial charge is 0.462 e. The van der Waals surface area contributed by atoms with Crippen LogP contribution in [-0.4, -0.2) is 74.9 Å². The maximum atomic E-state index is 12.7. The van der Waals surface area contributed by atoms with Crippen LogP contribution in [0.1, 0.15) is 200 Å². The number of phosphoric acid groups is 1. The molecule has 0 aliphatic rings. The Hall–Kier alpha value is -1.25. The molecule has 53 heavy (non-hydrogen) atoms. The van der Waals surface area contributed by atoms with Crippen LogP contribution < -0.4 is 0 Å². The molecule has 9 nitrogen and oxygen atoms in total. The summed E-state index contributed by atoms with van der Waals surface area (Å²) in [5.41, 5.74) is 0. The lowest BCUT2D eigenvalue weighted by atomic mass is 10.1. The number of carbonyl (C=O) groups is 2. The minimum atomic E-state index is -4.37. The second-order valence-corrected chi connectivity index (χ2v) is 17.5. The molecule has 0 radical (unpaired) electrons. The number of phosphoric ester groups is 1. The van der Waals surface area contributed by atoms with Crippen molar-refractivity contribution < 1.29 is 42.1 Å². The molecule has 0 saturated carbocycles. The Balaban J connectivity index is 4.29. The molecule has 0 heterocycles. The van der Waals surface area contributed by atoms with E-state index < -0.39 is 26.5 Å². The number of allylic oxidation sites excluding steroid dienone is 2. The van der Waals surface area contributed by atoms with E-state index in [1.807, 2.05) is 21.1 Å². The third-order valence-corrected chi connectivity index (χ3v) is 10.5. The predicted octanol–water partition coefficient (Wildman–Crippen LogP) is 12.2. The summed E-state index contributed by atoms with van der Waals surface area (Å²) >= 11 is 0. The second kappa shape index (κ2) is 36.4. The Morgan fingerprint density at radius 3 is 1.40 bits per heavy atom. The highest BCUT2D eigenvalue weighted by Gasteiger charge is 2.27. The molecule has 10 heteroatoms. The van der Waals surface area contributed by atoms with Crippen LogP contribution in [0.3, 0.4) is 0 Å². The van der Waals surface area contributed by atoms with Crippen LogP contribution in [0.15, 0.2) is 12.2 Å². The minimum absolute atomic E-state index is 0.0338. The van der Waals surface area contributed by atoms with E-state index >= 15 is 0 Å². The molecule has 0 aliphatic heterocycles. The van der Waals surface area contributed by atoms with Crippen LogP contribution >= 0.6 is 7.82 Å². The maximum absolute atomic E-state index is 12.7. The van der Waals surface area contributed by atoms with Gasteiger partial charge in [-0.1, -0.05) is 161 Å². The number of ether oxygens (including phenoxy) is 2. The van der Waals surface area contributed by atoms with E-state index in [4.69, 9.17) is 18.5 Å². The van der Waals surface area contributed by atoms with E-state index in [-0.39, 0.29) is 25.6 Å². The Bertz CT molecular complexity index is 922. The molecule has 1 unspecified atom stereocenters. The van der Waals surface area contributed by atoms with Gasteiger partial charge in [0, 0.05) is 12.8 Å². The highest BCUT2D eigenvalue weighted by Crippen LogP contribution is 2.43. The van der Waals surface area contributed by atoms with Crippen LogP contribution in [-0.2, 0) is 32.7 Å². The first-order valence-corrected chi connectivity index (χ1v) is 23.4. The Morgan fingerprint density at radius 1 is 0.566 bits per heavy atom. The molecule has 0 aliphatic carbocycles. The lowest BCUT2D eigenvalue weighted by Gasteiger charge is -2.24. The van der Waals surface area contributed by atoms with Crippen molar-refractivity contribution in [1.29, 1.82) is 0 Å². The summed E-state index contributed by atoms with van der Waals surface area (Å²) in [5.74, 6) is -0.798. The molecule has 2 atom stereocenters. The van der Waals surface area contributed by atoms with Gasteiger partial charge in [-0.15, -0.1) is 0 Å². The number of likely N-dealkylation sites (N-methyl/N-ethyl adjacent to an activating group) is 1. The van der Waals surface area contributed by atoms with E-state index in [0.29, 0.717) is 23.9 Å². The largest absolute Gasteiger partial charge is 0.472 e. The lowest BCUT2D eigenvalue weighted by Crippen LogP contribution is -2.37. The van der Waals surface area contributed by atoms with Crippen LogP contribution in [0.5, 0.6) is 0 Å².